The summed E-state index contributed by atoms with van der Waals surface area (Å²) in [5.41, 5.74) is 2.13. The minimum absolute atomic E-state index is 0.564. The fraction of sp³-hybridized carbons (Fsp3) is 0.714. The van der Waals surface area contributed by atoms with Gasteiger partial charge in [-0.1, -0.05) is 18.0 Å². The van der Waals surface area contributed by atoms with Gasteiger partial charge >= 0.3 is 0 Å². The molecule has 2 bridgehead atoms. The maximum Gasteiger partial charge on any atom is 0.138 e. The Morgan fingerprint density at radius 3 is 2.89 bits per heavy atom. The van der Waals surface area contributed by atoms with Crippen LogP contribution < -0.4 is 0 Å². The van der Waals surface area contributed by atoms with E-state index in [2.05, 4.69) is 4.98 Å². The van der Waals surface area contributed by atoms with Gasteiger partial charge in [0.15, 0.2) is 0 Å². The van der Waals surface area contributed by atoms with Crippen LogP contribution in [0.3, 0.4) is 0 Å². The van der Waals surface area contributed by atoms with Gasteiger partial charge in [0.2, 0.25) is 0 Å². The largest absolute Gasteiger partial charge is 0.376 e. The average Bonchev–Trinajstić information content (AvgIpc) is 3.01. The Labute approximate surface area is 112 Å². The van der Waals surface area contributed by atoms with Crippen molar-refractivity contribution < 1.29 is 4.74 Å². The topological polar surface area (TPSA) is 35.0 Å². The SMILES string of the molecule is Clc1nc(C2CC3CCC2C3)nc2c1COCC2. The number of hydrogen-bond acceptors (Lipinski definition) is 3. The molecule has 0 N–H and O–H groups in total. The summed E-state index contributed by atoms with van der Waals surface area (Å²) >= 11 is 6.30. The molecule has 0 saturated heterocycles. The summed E-state index contributed by atoms with van der Waals surface area (Å²) in [6.45, 7) is 1.33. The van der Waals surface area contributed by atoms with Crippen molar-refractivity contribution in [3.63, 3.8) is 0 Å². The van der Waals surface area contributed by atoms with Gasteiger partial charge < -0.3 is 4.74 Å². The lowest BCUT2D eigenvalue weighted by molar-refractivity contribution is 0.108. The van der Waals surface area contributed by atoms with Crippen molar-refractivity contribution in [2.45, 2.75) is 44.6 Å². The molecular formula is C14H17ClN2O. The van der Waals surface area contributed by atoms with Gasteiger partial charge in [0.1, 0.15) is 11.0 Å². The lowest BCUT2D eigenvalue weighted by Gasteiger charge is -2.23. The minimum atomic E-state index is 0.564. The molecule has 3 atom stereocenters. The van der Waals surface area contributed by atoms with Crippen LogP contribution in [0.1, 0.15) is 48.7 Å². The normalized spacial score (nSPS) is 33.7. The Kier molecular flexibility index (Phi) is 2.59. The molecule has 0 aromatic carbocycles. The van der Waals surface area contributed by atoms with Crippen molar-refractivity contribution in [2.75, 3.05) is 6.61 Å². The third-order valence-corrected chi connectivity index (χ3v) is 5.17. The molecule has 2 fully saturated rings. The molecule has 3 nitrogen and oxygen atoms in total. The molecule has 0 radical (unpaired) electrons. The zero-order valence-electron chi connectivity index (χ0n) is 10.4. The van der Waals surface area contributed by atoms with E-state index in [0.29, 0.717) is 17.7 Å². The van der Waals surface area contributed by atoms with Gasteiger partial charge in [0.05, 0.1) is 18.9 Å². The minimum Gasteiger partial charge on any atom is -0.376 e. The van der Waals surface area contributed by atoms with E-state index in [1.165, 1.54) is 25.7 Å². The molecule has 1 aliphatic heterocycles. The van der Waals surface area contributed by atoms with Gasteiger partial charge in [-0.15, -0.1) is 0 Å². The van der Waals surface area contributed by atoms with Crippen molar-refractivity contribution in [3.8, 4) is 0 Å². The second-order valence-electron chi connectivity index (χ2n) is 5.88. The zero-order chi connectivity index (χ0) is 12.1. The Morgan fingerprint density at radius 2 is 2.11 bits per heavy atom. The van der Waals surface area contributed by atoms with Gasteiger partial charge in [0, 0.05) is 17.9 Å². The number of ether oxygens (including phenoxy) is 1. The maximum absolute atomic E-state index is 6.30. The Hall–Kier alpha value is -0.670. The average molecular weight is 265 g/mol. The molecule has 96 valence electrons. The first-order valence-electron chi connectivity index (χ1n) is 6.94. The first kappa shape index (κ1) is 11.2. The highest BCUT2D eigenvalue weighted by atomic mass is 35.5. The molecule has 18 heavy (non-hydrogen) atoms. The van der Waals surface area contributed by atoms with Crippen molar-refractivity contribution in [2.24, 2.45) is 11.8 Å². The third-order valence-electron chi connectivity index (χ3n) is 4.86. The first-order chi connectivity index (χ1) is 8.81. The van der Waals surface area contributed by atoms with Crippen LogP contribution in [-0.4, -0.2) is 16.6 Å². The van der Waals surface area contributed by atoms with Crippen molar-refractivity contribution in [1.82, 2.24) is 9.97 Å². The Balaban J connectivity index is 1.71. The number of rotatable bonds is 1. The molecule has 3 unspecified atom stereocenters. The summed E-state index contributed by atoms with van der Waals surface area (Å²) in [5.74, 6) is 3.30. The summed E-state index contributed by atoms with van der Waals surface area (Å²) in [4.78, 5) is 9.36. The Bertz CT molecular complexity index is 491. The smallest absolute Gasteiger partial charge is 0.138 e. The molecule has 1 aromatic rings. The maximum atomic E-state index is 6.30. The second kappa shape index (κ2) is 4.17. The van der Waals surface area contributed by atoms with E-state index in [1.807, 2.05) is 0 Å². The van der Waals surface area contributed by atoms with Crippen LogP contribution >= 0.6 is 11.6 Å². The molecule has 0 amide bonds. The van der Waals surface area contributed by atoms with Crippen LogP contribution in [-0.2, 0) is 17.8 Å². The van der Waals surface area contributed by atoms with Crippen molar-refractivity contribution >= 4 is 11.6 Å². The molecule has 2 aliphatic carbocycles. The van der Waals surface area contributed by atoms with Crippen LogP contribution in [0, 0.1) is 11.8 Å². The summed E-state index contributed by atoms with van der Waals surface area (Å²) in [7, 11) is 0. The second-order valence-corrected chi connectivity index (χ2v) is 6.24. The molecule has 4 heteroatoms. The highest BCUT2D eigenvalue weighted by Crippen LogP contribution is 2.52. The van der Waals surface area contributed by atoms with Gasteiger partial charge in [-0.3, -0.25) is 0 Å². The first-order valence-corrected chi connectivity index (χ1v) is 7.32. The number of nitrogens with zero attached hydrogens (tertiary/aromatic N) is 2. The van der Waals surface area contributed by atoms with Crippen LogP contribution in [0.4, 0.5) is 0 Å². The zero-order valence-corrected chi connectivity index (χ0v) is 11.1. The third kappa shape index (κ3) is 1.68. The molecular weight excluding hydrogens is 248 g/mol. The lowest BCUT2D eigenvalue weighted by Crippen LogP contribution is -2.18. The molecule has 2 saturated carbocycles. The van der Waals surface area contributed by atoms with Gasteiger partial charge in [-0.25, -0.2) is 9.97 Å². The summed E-state index contributed by atoms with van der Waals surface area (Å²) < 4.78 is 5.43. The Morgan fingerprint density at radius 1 is 1.17 bits per heavy atom. The number of fused-ring (bicyclic) bond motifs is 3. The van der Waals surface area contributed by atoms with E-state index in [0.717, 1.165) is 41.9 Å². The van der Waals surface area contributed by atoms with E-state index in [-0.39, 0.29) is 0 Å². The summed E-state index contributed by atoms with van der Waals surface area (Å²) in [6, 6.07) is 0. The standard InChI is InChI=1S/C14H17ClN2O/c15-13-11-7-18-4-3-12(11)16-14(17-13)10-6-8-1-2-9(10)5-8/h8-10H,1-7H2. The fourth-order valence-corrected chi connectivity index (χ4v) is 4.19. The van der Waals surface area contributed by atoms with E-state index < -0.39 is 0 Å². The van der Waals surface area contributed by atoms with E-state index >= 15 is 0 Å². The fourth-order valence-electron chi connectivity index (χ4n) is 3.94. The van der Waals surface area contributed by atoms with Crippen molar-refractivity contribution in [3.05, 3.63) is 22.2 Å². The predicted molar refractivity (Wildman–Crippen MR) is 68.6 cm³/mol. The number of halogens is 1. The number of aromatic nitrogens is 2. The monoisotopic (exact) mass is 264 g/mol. The van der Waals surface area contributed by atoms with E-state index in [4.69, 9.17) is 21.3 Å². The van der Waals surface area contributed by atoms with E-state index in [1.54, 1.807) is 0 Å². The highest BCUT2D eigenvalue weighted by Gasteiger charge is 2.42. The van der Waals surface area contributed by atoms with Crippen molar-refractivity contribution in [1.29, 1.82) is 0 Å². The quantitative estimate of drug-likeness (QED) is 0.731. The summed E-state index contributed by atoms with van der Waals surface area (Å²) in [6.07, 6.45) is 6.30. The van der Waals surface area contributed by atoms with Crippen LogP contribution in [0.2, 0.25) is 5.15 Å². The van der Waals surface area contributed by atoms with Crippen LogP contribution in [0.25, 0.3) is 0 Å². The lowest BCUT2D eigenvalue weighted by atomic mass is 9.88. The molecule has 3 aliphatic rings. The predicted octanol–water partition coefficient (Wildman–Crippen LogP) is 3.11. The van der Waals surface area contributed by atoms with Gasteiger partial charge in [-0.05, 0) is 31.1 Å². The highest BCUT2D eigenvalue weighted by molar-refractivity contribution is 6.30. The van der Waals surface area contributed by atoms with Crippen LogP contribution in [0.5, 0.6) is 0 Å². The molecule has 1 aromatic heterocycles. The van der Waals surface area contributed by atoms with Gasteiger partial charge in [-0.2, -0.15) is 0 Å². The number of hydrogen-bond donors (Lipinski definition) is 0. The summed E-state index contributed by atoms with van der Waals surface area (Å²) in [5, 5.41) is 0.623. The van der Waals surface area contributed by atoms with E-state index in [9.17, 15) is 0 Å². The molecule has 4 rings (SSSR count). The molecule has 2 heterocycles. The van der Waals surface area contributed by atoms with Crippen LogP contribution in [0.15, 0.2) is 0 Å². The van der Waals surface area contributed by atoms with Gasteiger partial charge in [0.25, 0.3) is 0 Å². The molecule has 0 spiro atoms.